The first-order valence-corrected chi connectivity index (χ1v) is 42.2. The molecule has 0 bridgehead atoms. The van der Waals surface area contributed by atoms with Gasteiger partial charge < -0.3 is 42.4 Å². The Morgan fingerprint density at radius 3 is 0.810 bits per heavy atom. The molecule has 9 aromatic heterocycles. The maximum Gasteiger partial charge on any atom is 0.0562 e. The minimum absolute atomic E-state index is 0. The number of aryl methyl sites for hydroxylation is 5. The van der Waals surface area contributed by atoms with Gasteiger partial charge in [-0.25, -0.2) is 0 Å². The van der Waals surface area contributed by atoms with Crippen LogP contribution in [-0.2, 0) is 65.7 Å². The smallest absolute Gasteiger partial charge is 0.0562 e. The van der Waals surface area contributed by atoms with Crippen molar-refractivity contribution < 1.29 is 60.3 Å². The summed E-state index contributed by atoms with van der Waals surface area (Å²) < 4.78 is 14.4. The van der Waals surface area contributed by atoms with Gasteiger partial charge >= 0.3 is 0 Å². The standard InChI is InChI=1S/C39H30N3.C38H28N3.C37H26N3.3Ir/c1-39(2,3)27-19-20-36-31(23-27)33-24-32-30-16-7-8-18-35(30)42(29-15-11-12-26(22-29)34-17-9-10-21-40-34)37(32)25-38(33)41(36)28-13-5-4-6-14-28;1-24-10-14-28(15-11-24)40-35-16-12-25(2)19-30(35)32-22-33-31-20-26(3)13-17-36(31)41(38(33)23-37(32)40)29-8-6-7-27(21-29)34-9-4-5-18-39-34;1-24-13-16-27(17-14-24)39-35-18-15-25(2)20-30(35)32-22-31-29-10-3-4-12-34(29)40(36(31)23-37(32)39)28-9-7-8-26(21-28)33-11-5-6-19-38-33;;;/h4-11,13-25H,1-3H3;4-6,8-23H,1-3H3;3-7,9-23H,1-2H3;;;/q3*-1;;;. The van der Waals surface area contributed by atoms with Crippen molar-refractivity contribution in [1.29, 1.82) is 0 Å². The van der Waals surface area contributed by atoms with Gasteiger partial charge in [-0.05, 0) is 231 Å². The summed E-state index contributed by atoms with van der Waals surface area (Å²) in [4.78, 5) is 13.8. The Morgan fingerprint density at radius 2 is 0.476 bits per heavy atom. The fourth-order valence-corrected chi connectivity index (χ4v) is 18.7. The van der Waals surface area contributed by atoms with E-state index < -0.39 is 0 Å². The number of para-hydroxylation sites is 3. The average molecular weight is 2160 g/mol. The van der Waals surface area contributed by atoms with Gasteiger partial charge in [-0.15, -0.1) is 89.5 Å². The molecule has 0 aliphatic rings. The van der Waals surface area contributed by atoms with E-state index in [0.717, 1.165) is 56.5 Å². The Morgan fingerprint density at radius 1 is 0.206 bits per heavy atom. The molecule has 12 heteroatoms. The molecule has 0 unspecified atom stereocenters. The zero-order valence-corrected chi connectivity index (χ0v) is 77.9. The third-order valence-electron chi connectivity index (χ3n) is 24.7. The number of benzene rings is 15. The number of fused-ring (bicyclic) bond motifs is 18. The third kappa shape index (κ3) is 14.3. The predicted octanol–water partition coefficient (Wildman–Crippen LogP) is 29.1. The van der Waals surface area contributed by atoms with Gasteiger partial charge in [0.1, 0.15) is 0 Å². The molecule has 126 heavy (non-hydrogen) atoms. The molecule has 0 spiro atoms. The maximum atomic E-state index is 4.59. The summed E-state index contributed by atoms with van der Waals surface area (Å²) in [5.74, 6) is 0. The van der Waals surface area contributed by atoms with Crippen molar-refractivity contribution >= 4 is 131 Å². The minimum Gasteiger partial charge on any atom is -0.327 e. The molecule has 0 aliphatic heterocycles. The second kappa shape index (κ2) is 33.2. The van der Waals surface area contributed by atoms with E-state index in [1.165, 1.54) is 176 Å². The normalized spacial score (nSPS) is 11.6. The van der Waals surface area contributed by atoms with Gasteiger partial charge in [0, 0.05) is 161 Å². The van der Waals surface area contributed by atoms with Crippen molar-refractivity contribution in [3.8, 4) is 67.9 Å². The van der Waals surface area contributed by atoms with Crippen LogP contribution in [0.5, 0.6) is 0 Å². The predicted molar refractivity (Wildman–Crippen MR) is 514 cm³/mol. The van der Waals surface area contributed by atoms with E-state index in [9.17, 15) is 0 Å². The summed E-state index contributed by atoms with van der Waals surface area (Å²) in [5, 5.41) is 15.2. The van der Waals surface area contributed by atoms with Crippen molar-refractivity contribution in [2.24, 2.45) is 0 Å². The molecule has 9 heterocycles. The van der Waals surface area contributed by atoms with Gasteiger partial charge in [0.25, 0.3) is 0 Å². The summed E-state index contributed by atoms with van der Waals surface area (Å²) in [6.45, 7) is 17.6. The van der Waals surface area contributed by atoms with E-state index in [1.807, 2.05) is 91.4 Å². The Kier molecular flexibility index (Phi) is 21.6. The van der Waals surface area contributed by atoms with Crippen LogP contribution in [0.15, 0.2) is 364 Å². The summed E-state index contributed by atoms with van der Waals surface area (Å²) in [6.07, 6.45) is 5.50. The zero-order chi connectivity index (χ0) is 82.9. The van der Waals surface area contributed by atoms with Gasteiger partial charge in [0.05, 0.1) is 66.2 Å². The molecule has 0 atom stereocenters. The average Bonchev–Trinajstić information content (AvgIpc) is 1.56. The van der Waals surface area contributed by atoms with Crippen LogP contribution >= 0.6 is 0 Å². The molecule has 0 amide bonds. The molecule has 24 aromatic rings. The molecule has 0 saturated carbocycles. The Balaban J connectivity index is 0.000000122. The largest absolute Gasteiger partial charge is 0.327 e. The zero-order valence-electron chi connectivity index (χ0n) is 70.7. The van der Waals surface area contributed by atoms with Crippen LogP contribution in [-0.4, -0.2) is 42.4 Å². The number of hydrogen-bond donors (Lipinski definition) is 0. The molecule has 24 rings (SSSR count). The van der Waals surface area contributed by atoms with E-state index in [4.69, 9.17) is 0 Å². The maximum absolute atomic E-state index is 4.59. The van der Waals surface area contributed by atoms with Crippen LogP contribution < -0.4 is 0 Å². The fourth-order valence-electron chi connectivity index (χ4n) is 18.7. The summed E-state index contributed by atoms with van der Waals surface area (Å²) in [5.41, 5.74) is 34.6. The summed E-state index contributed by atoms with van der Waals surface area (Å²) in [6, 6.07) is 135. The molecule has 0 saturated heterocycles. The summed E-state index contributed by atoms with van der Waals surface area (Å²) in [7, 11) is 0. The summed E-state index contributed by atoms with van der Waals surface area (Å²) >= 11 is 0. The number of nitrogens with zero attached hydrogens (tertiary/aromatic N) is 9. The molecule has 15 aromatic carbocycles. The quantitative estimate of drug-likeness (QED) is 0.135. The van der Waals surface area contributed by atoms with E-state index in [0.29, 0.717) is 0 Å². The van der Waals surface area contributed by atoms with Crippen LogP contribution in [0.3, 0.4) is 0 Å². The van der Waals surface area contributed by atoms with Crippen LogP contribution in [0.4, 0.5) is 0 Å². The van der Waals surface area contributed by atoms with E-state index in [1.54, 1.807) is 0 Å². The van der Waals surface area contributed by atoms with Crippen LogP contribution in [0.1, 0.15) is 54.2 Å². The molecule has 0 aliphatic carbocycles. The third-order valence-corrected chi connectivity index (χ3v) is 24.7. The molecular weight excluding hydrogens is 2070 g/mol. The SMILES string of the molecule is CC(C)(C)c1ccc2c(c1)c1cc3c4ccccc4n(-c4cc[c-]c(-c5ccccn5)c4)c3cc1n2-c1ccccc1.Cc1ccc(-n2c3ccc(C)cc3c3cc4c5cc(C)ccc5n(-c5cc[c-]c(-c6ccccn6)c5)c4cc32)cc1.Cc1ccc(-n2c3ccc(C)cc3c3cc4c5ccccc5n(-c5cc[c-]c(-c6ccccn6)c5)c4cc32)cc1.[Ir].[Ir].[Ir]. The first kappa shape index (κ1) is 82.1. The Bertz CT molecular complexity index is 8320. The van der Waals surface area contributed by atoms with Crippen LogP contribution in [0.2, 0.25) is 0 Å². The minimum atomic E-state index is 0. The number of hydrogen-bond acceptors (Lipinski definition) is 3. The van der Waals surface area contributed by atoms with Crippen LogP contribution in [0, 0.1) is 52.8 Å². The van der Waals surface area contributed by atoms with Crippen molar-refractivity contribution in [2.45, 2.75) is 60.8 Å². The number of rotatable bonds is 9. The van der Waals surface area contributed by atoms with Gasteiger partial charge in [-0.1, -0.05) is 188 Å². The molecular formula is C114H84Ir3N9-3. The first-order chi connectivity index (χ1) is 60.2. The van der Waals surface area contributed by atoms with Gasteiger partial charge in [0.2, 0.25) is 0 Å². The second-order valence-corrected chi connectivity index (χ2v) is 33.8. The second-order valence-electron chi connectivity index (χ2n) is 33.8. The van der Waals surface area contributed by atoms with Crippen molar-refractivity contribution in [2.75, 3.05) is 0 Å². The topological polar surface area (TPSA) is 68.2 Å². The van der Waals surface area contributed by atoms with E-state index in [2.05, 4.69) is 389 Å². The monoisotopic (exact) mass is 2160 g/mol. The number of aromatic nitrogens is 9. The molecule has 0 N–H and O–H groups in total. The molecule has 0 fully saturated rings. The van der Waals surface area contributed by atoms with Gasteiger partial charge in [0.15, 0.2) is 0 Å². The first-order valence-electron chi connectivity index (χ1n) is 42.2. The Hall–Kier alpha value is -13.5. The van der Waals surface area contributed by atoms with E-state index >= 15 is 0 Å². The van der Waals surface area contributed by atoms with Crippen molar-refractivity contribution in [3.05, 3.63) is 416 Å². The van der Waals surface area contributed by atoms with Crippen molar-refractivity contribution in [3.63, 3.8) is 0 Å². The van der Waals surface area contributed by atoms with Crippen LogP contribution in [0.25, 0.3) is 199 Å². The molecule has 9 nitrogen and oxygen atoms in total. The number of pyridine rings is 3. The molecule has 615 valence electrons. The molecule has 3 radical (unpaired) electrons. The van der Waals surface area contributed by atoms with Gasteiger partial charge in [-0.2, -0.15) is 0 Å². The van der Waals surface area contributed by atoms with E-state index in [-0.39, 0.29) is 65.7 Å². The van der Waals surface area contributed by atoms with Crippen molar-refractivity contribution in [1.82, 2.24) is 42.4 Å². The fraction of sp³-hybridized carbons (Fsp3) is 0.0789. The van der Waals surface area contributed by atoms with Gasteiger partial charge in [-0.3, -0.25) is 0 Å². The Labute approximate surface area is 771 Å².